The van der Waals surface area contributed by atoms with E-state index in [0.29, 0.717) is 11.4 Å². The maximum absolute atomic E-state index is 12.7. The summed E-state index contributed by atoms with van der Waals surface area (Å²) < 4.78 is 0. The van der Waals surface area contributed by atoms with Crippen molar-refractivity contribution in [1.29, 1.82) is 0 Å². The van der Waals surface area contributed by atoms with Crippen molar-refractivity contribution < 1.29 is 4.79 Å². The molecule has 5 heteroatoms. The van der Waals surface area contributed by atoms with E-state index in [0.717, 1.165) is 30.5 Å². The maximum atomic E-state index is 12.7. The van der Waals surface area contributed by atoms with Crippen molar-refractivity contribution in [3.63, 3.8) is 0 Å². The van der Waals surface area contributed by atoms with E-state index >= 15 is 0 Å². The van der Waals surface area contributed by atoms with Crippen molar-refractivity contribution in [3.05, 3.63) is 65.5 Å². The summed E-state index contributed by atoms with van der Waals surface area (Å²) in [6.07, 6.45) is 6.47. The predicted octanol–water partition coefficient (Wildman–Crippen LogP) is 3.21. The van der Waals surface area contributed by atoms with Crippen LogP contribution in [0.4, 0.5) is 5.69 Å². The Morgan fingerprint density at radius 2 is 2.09 bits per heavy atom. The molecule has 0 aliphatic heterocycles. The number of hydrogen-bond acceptors (Lipinski definition) is 3. The third-order valence-electron chi connectivity index (χ3n) is 4.20. The second-order valence-corrected chi connectivity index (χ2v) is 5.62. The lowest BCUT2D eigenvalue weighted by molar-refractivity contribution is 0.102. The Bertz CT molecular complexity index is 854. The first-order valence-corrected chi connectivity index (χ1v) is 7.70. The number of H-pyrrole nitrogens is 1. The van der Waals surface area contributed by atoms with Gasteiger partial charge >= 0.3 is 0 Å². The number of aryl methyl sites for hydroxylation is 1. The third kappa shape index (κ3) is 2.50. The Hall–Kier alpha value is -2.95. The second kappa shape index (κ2) is 5.68. The molecule has 1 amide bonds. The standard InChI is InChI=1S/C18H16N4O/c23-18(14-8-4-6-12-5-3-7-13(12)14)21-16-11-20-22-17(16)15-9-1-2-10-19-15/h1-2,4,6,8-11H,3,5,7H2,(H,20,22)(H,21,23). The minimum absolute atomic E-state index is 0.0951. The number of carbonyl (C=O) groups excluding carboxylic acids is 1. The van der Waals surface area contributed by atoms with Crippen LogP contribution < -0.4 is 5.32 Å². The fraction of sp³-hybridized carbons (Fsp3) is 0.167. The fourth-order valence-corrected chi connectivity index (χ4v) is 3.11. The van der Waals surface area contributed by atoms with Gasteiger partial charge in [-0.25, -0.2) is 0 Å². The molecular formula is C18H16N4O. The highest BCUT2D eigenvalue weighted by atomic mass is 16.1. The molecule has 5 nitrogen and oxygen atoms in total. The Kier molecular flexibility index (Phi) is 3.38. The highest BCUT2D eigenvalue weighted by molar-refractivity contribution is 6.07. The van der Waals surface area contributed by atoms with Crippen LogP contribution in [0.5, 0.6) is 0 Å². The quantitative estimate of drug-likeness (QED) is 0.780. The topological polar surface area (TPSA) is 70.7 Å². The fourth-order valence-electron chi connectivity index (χ4n) is 3.11. The van der Waals surface area contributed by atoms with Crippen LogP contribution in [0.1, 0.15) is 27.9 Å². The summed E-state index contributed by atoms with van der Waals surface area (Å²) in [7, 11) is 0. The highest BCUT2D eigenvalue weighted by Gasteiger charge is 2.20. The SMILES string of the molecule is O=C(Nc1cn[nH]c1-c1ccccn1)c1cccc2c1CCC2. The van der Waals surface area contributed by atoms with Gasteiger partial charge < -0.3 is 5.32 Å². The van der Waals surface area contributed by atoms with Crippen molar-refractivity contribution in [3.8, 4) is 11.4 Å². The summed E-state index contributed by atoms with van der Waals surface area (Å²) in [6.45, 7) is 0. The zero-order chi connectivity index (χ0) is 15.6. The molecule has 1 aliphatic rings. The molecule has 0 radical (unpaired) electrons. The lowest BCUT2D eigenvalue weighted by Gasteiger charge is -2.09. The molecule has 3 aromatic rings. The molecule has 0 atom stereocenters. The summed E-state index contributed by atoms with van der Waals surface area (Å²) in [4.78, 5) is 17.0. The van der Waals surface area contributed by atoms with E-state index in [-0.39, 0.29) is 5.91 Å². The van der Waals surface area contributed by atoms with Gasteiger partial charge in [0, 0.05) is 11.8 Å². The second-order valence-electron chi connectivity index (χ2n) is 5.62. The Morgan fingerprint density at radius 1 is 1.13 bits per heavy atom. The summed E-state index contributed by atoms with van der Waals surface area (Å²) in [5.74, 6) is -0.0951. The third-order valence-corrected chi connectivity index (χ3v) is 4.20. The summed E-state index contributed by atoms with van der Waals surface area (Å²) in [6, 6.07) is 11.6. The number of rotatable bonds is 3. The van der Waals surface area contributed by atoms with Gasteiger partial charge in [-0.3, -0.25) is 14.9 Å². The number of nitrogens with zero attached hydrogens (tertiary/aromatic N) is 2. The van der Waals surface area contributed by atoms with E-state index in [2.05, 4.69) is 26.6 Å². The number of fused-ring (bicyclic) bond motifs is 1. The maximum Gasteiger partial charge on any atom is 0.256 e. The first-order valence-electron chi connectivity index (χ1n) is 7.70. The zero-order valence-corrected chi connectivity index (χ0v) is 12.5. The summed E-state index contributed by atoms with van der Waals surface area (Å²) >= 11 is 0. The molecule has 114 valence electrons. The van der Waals surface area contributed by atoms with Gasteiger partial charge in [0.05, 0.1) is 17.6 Å². The minimum Gasteiger partial charge on any atom is -0.319 e. The number of aromatic nitrogens is 3. The molecule has 0 bridgehead atoms. The van der Waals surface area contributed by atoms with E-state index < -0.39 is 0 Å². The molecule has 4 rings (SSSR count). The minimum atomic E-state index is -0.0951. The first kappa shape index (κ1) is 13.7. The molecule has 0 saturated carbocycles. The molecule has 0 unspecified atom stereocenters. The van der Waals surface area contributed by atoms with Crippen molar-refractivity contribution in [2.24, 2.45) is 0 Å². The lowest BCUT2D eigenvalue weighted by Crippen LogP contribution is -2.14. The average molecular weight is 304 g/mol. The normalized spacial score (nSPS) is 12.9. The molecule has 2 N–H and O–H groups in total. The largest absolute Gasteiger partial charge is 0.319 e. The van der Waals surface area contributed by atoms with Crippen molar-refractivity contribution in [2.75, 3.05) is 5.32 Å². The summed E-state index contributed by atoms with van der Waals surface area (Å²) in [5.41, 5.74) is 5.32. The van der Waals surface area contributed by atoms with Crippen molar-refractivity contribution in [2.45, 2.75) is 19.3 Å². The number of pyridine rings is 1. The number of nitrogens with one attached hydrogen (secondary N) is 2. The molecule has 23 heavy (non-hydrogen) atoms. The number of anilines is 1. The number of amides is 1. The Balaban J connectivity index is 1.64. The van der Waals surface area contributed by atoms with Gasteiger partial charge in [-0.05, 0) is 48.6 Å². The first-order chi connectivity index (χ1) is 11.3. The zero-order valence-electron chi connectivity index (χ0n) is 12.5. The molecule has 0 saturated heterocycles. The van der Waals surface area contributed by atoms with Gasteiger partial charge in [-0.2, -0.15) is 5.10 Å². The van der Waals surface area contributed by atoms with Crippen LogP contribution in [0, 0.1) is 0 Å². The van der Waals surface area contributed by atoms with Gasteiger partial charge in [0.15, 0.2) is 0 Å². The van der Waals surface area contributed by atoms with Gasteiger partial charge in [0.2, 0.25) is 0 Å². The predicted molar refractivity (Wildman–Crippen MR) is 88.2 cm³/mol. The van der Waals surface area contributed by atoms with E-state index in [4.69, 9.17) is 0 Å². The number of benzene rings is 1. The van der Waals surface area contributed by atoms with Gasteiger partial charge in [-0.15, -0.1) is 0 Å². The Labute approximate surface area is 133 Å². The van der Waals surface area contributed by atoms with Crippen LogP contribution in [0.15, 0.2) is 48.8 Å². The van der Waals surface area contributed by atoms with E-state index in [1.165, 1.54) is 11.1 Å². The monoisotopic (exact) mass is 304 g/mol. The van der Waals surface area contributed by atoms with Crippen LogP contribution in [0.2, 0.25) is 0 Å². The van der Waals surface area contributed by atoms with E-state index in [1.54, 1.807) is 12.4 Å². The molecule has 0 spiro atoms. The van der Waals surface area contributed by atoms with Gasteiger partial charge in [0.25, 0.3) is 5.91 Å². The number of carbonyl (C=O) groups is 1. The highest BCUT2D eigenvalue weighted by Crippen LogP contribution is 2.27. The smallest absolute Gasteiger partial charge is 0.256 e. The van der Waals surface area contributed by atoms with Crippen molar-refractivity contribution in [1.82, 2.24) is 15.2 Å². The molecule has 2 heterocycles. The van der Waals surface area contributed by atoms with Crippen LogP contribution in [0.25, 0.3) is 11.4 Å². The van der Waals surface area contributed by atoms with E-state index in [9.17, 15) is 4.79 Å². The molecule has 2 aromatic heterocycles. The molecule has 1 aromatic carbocycles. The van der Waals surface area contributed by atoms with Crippen LogP contribution >= 0.6 is 0 Å². The molecule has 0 fully saturated rings. The lowest BCUT2D eigenvalue weighted by atomic mass is 10.0. The number of hydrogen-bond donors (Lipinski definition) is 2. The van der Waals surface area contributed by atoms with Crippen LogP contribution in [-0.2, 0) is 12.8 Å². The summed E-state index contributed by atoms with van der Waals surface area (Å²) in [5, 5.41) is 9.90. The van der Waals surface area contributed by atoms with E-state index in [1.807, 2.05) is 30.3 Å². The average Bonchev–Trinajstić information content (AvgIpc) is 3.24. The van der Waals surface area contributed by atoms with Crippen molar-refractivity contribution >= 4 is 11.6 Å². The molecular weight excluding hydrogens is 288 g/mol. The van der Waals surface area contributed by atoms with Gasteiger partial charge in [-0.1, -0.05) is 18.2 Å². The van der Waals surface area contributed by atoms with Crippen LogP contribution in [0.3, 0.4) is 0 Å². The van der Waals surface area contributed by atoms with Crippen LogP contribution in [-0.4, -0.2) is 21.1 Å². The Morgan fingerprint density at radius 3 is 2.96 bits per heavy atom. The molecule has 1 aliphatic carbocycles. The number of aromatic amines is 1. The van der Waals surface area contributed by atoms with Gasteiger partial charge in [0.1, 0.15) is 5.69 Å².